The summed E-state index contributed by atoms with van der Waals surface area (Å²) >= 11 is 0. The van der Waals surface area contributed by atoms with Gasteiger partial charge in [0.05, 0.1) is 10.9 Å². The number of anilines is 2. The maximum atomic E-state index is 12.9. The zero-order valence-corrected chi connectivity index (χ0v) is 16.1. The second-order valence-corrected chi connectivity index (χ2v) is 7.26. The summed E-state index contributed by atoms with van der Waals surface area (Å²) in [5.74, 6) is 0.307. The molecule has 2 aromatic carbocycles. The molecule has 2 amide bonds. The Morgan fingerprint density at radius 1 is 1.07 bits per heavy atom. The van der Waals surface area contributed by atoms with E-state index in [1.54, 1.807) is 34.9 Å². The first-order valence-electron chi connectivity index (χ1n) is 9.69. The number of carbonyl (C=O) groups excluding carboxylic acids is 2. The molecule has 7 heteroatoms. The van der Waals surface area contributed by atoms with E-state index in [-0.39, 0.29) is 29.8 Å². The van der Waals surface area contributed by atoms with Crippen LogP contribution >= 0.6 is 0 Å². The van der Waals surface area contributed by atoms with Gasteiger partial charge in [-0.25, -0.2) is 4.98 Å². The van der Waals surface area contributed by atoms with Crippen molar-refractivity contribution >= 4 is 34.1 Å². The molecular weight excluding hydrogens is 368 g/mol. The smallest absolute Gasteiger partial charge is 0.261 e. The van der Waals surface area contributed by atoms with Gasteiger partial charge in [0.2, 0.25) is 11.8 Å². The van der Waals surface area contributed by atoms with Crippen molar-refractivity contribution in [3.05, 3.63) is 64.7 Å². The van der Waals surface area contributed by atoms with E-state index in [2.05, 4.69) is 15.6 Å². The van der Waals surface area contributed by atoms with Gasteiger partial charge in [-0.1, -0.05) is 18.2 Å². The molecule has 7 nitrogen and oxygen atoms in total. The number of hydrogen-bond acceptors (Lipinski definition) is 4. The number of rotatable bonds is 6. The quantitative estimate of drug-likeness (QED) is 0.676. The lowest BCUT2D eigenvalue weighted by atomic mass is 10.2. The van der Waals surface area contributed by atoms with Crippen LogP contribution in [0.25, 0.3) is 10.9 Å². The Hall–Kier alpha value is -3.48. The summed E-state index contributed by atoms with van der Waals surface area (Å²) in [6.45, 7) is 1.43. The van der Waals surface area contributed by atoms with Crippen LogP contribution in [-0.4, -0.2) is 21.4 Å². The van der Waals surface area contributed by atoms with Crippen LogP contribution in [-0.2, 0) is 16.0 Å². The lowest BCUT2D eigenvalue weighted by Crippen LogP contribution is -2.25. The van der Waals surface area contributed by atoms with Gasteiger partial charge in [-0.15, -0.1) is 0 Å². The molecule has 1 aromatic heterocycles. The molecule has 1 heterocycles. The van der Waals surface area contributed by atoms with Crippen molar-refractivity contribution in [2.75, 3.05) is 10.6 Å². The van der Waals surface area contributed by atoms with Crippen molar-refractivity contribution in [2.45, 2.75) is 38.6 Å². The summed E-state index contributed by atoms with van der Waals surface area (Å²) in [6, 6.07) is 14.5. The molecule has 1 saturated carbocycles. The predicted molar refractivity (Wildman–Crippen MR) is 112 cm³/mol. The third-order valence-corrected chi connectivity index (χ3v) is 4.84. The molecule has 148 valence electrons. The number of hydrogen-bond donors (Lipinski definition) is 2. The molecule has 1 aliphatic rings. The maximum Gasteiger partial charge on any atom is 0.261 e. The summed E-state index contributed by atoms with van der Waals surface area (Å²) < 4.78 is 1.76. The maximum absolute atomic E-state index is 12.9. The number of nitrogens with zero attached hydrogens (tertiary/aromatic N) is 2. The van der Waals surface area contributed by atoms with Crippen LogP contribution < -0.4 is 16.2 Å². The average Bonchev–Trinajstić information content (AvgIpc) is 3.51. The summed E-state index contributed by atoms with van der Waals surface area (Å²) in [6.07, 6.45) is 2.53. The zero-order chi connectivity index (χ0) is 20.4. The molecule has 0 bridgehead atoms. The molecule has 0 unspecified atom stereocenters. The van der Waals surface area contributed by atoms with Gasteiger partial charge >= 0.3 is 0 Å². The number of fused-ring (bicyclic) bond motifs is 1. The van der Waals surface area contributed by atoms with E-state index in [9.17, 15) is 14.4 Å². The molecule has 1 aliphatic carbocycles. The predicted octanol–water partition coefficient (Wildman–Crippen LogP) is 3.26. The molecule has 29 heavy (non-hydrogen) atoms. The average molecular weight is 390 g/mol. The normalized spacial score (nSPS) is 13.3. The van der Waals surface area contributed by atoms with E-state index < -0.39 is 0 Å². The largest absolute Gasteiger partial charge is 0.326 e. The summed E-state index contributed by atoms with van der Waals surface area (Å²) in [5, 5.41) is 6.14. The molecule has 0 aliphatic heterocycles. The molecule has 3 aromatic rings. The third kappa shape index (κ3) is 4.34. The van der Waals surface area contributed by atoms with Crippen LogP contribution in [0.15, 0.2) is 53.3 Å². The van der Waals surface area contributed by atoms with E-state index in [0.717, 1.165) is 12.8 Å². The van der Waals surface area contributed by atoms with E-state index in [1.165, 1.54) is 6.92 Å². The Kier molecular flexibility index (Phi) is 5.12. The number of aryl methyl sites for hydroxylation is 1. The first-order valence-corrected chi connectivity index (χ1v) is 9.69. The summed E-state index contributed by atoms with van der Waals surface area (Å²) in [4.78, 5) is 41.2. The number of para-hydroxylation sites is 1. The van der Waals surface area contributed by atoms with Crippen LogP contribution in [0.4, 0.5) is 11.4 Å². The van der Waals surface area contributed by atoms with Crippen molar-refractivity contribution < 1.29 is 9.59 Å². The fourth-order valence-electron chi connectivity index (χ4n) is 3.40. The van der Waals surface area contributed by atoms with Crippen molar-refractivity contribution in [2.24, 2.45) is 0 Å². The van der Waals surface area contributed by atoms with Crippen molar-refractivity contribution in [3.63, 3.8) is 0 Å². The number of amides is 2. The van der Waals surface area contributed by atoms with Crippen LogP contribution in [0, 0.1) is 0 Å². The van der Waals surface area contributed by atoms with Crippen LogP contribution in [0.2, 0.25) is 0 Å². The molecule has 4 rings (SSSR count). The van der Waals surface area contributed by atoms with Crippen molar-refractivity contribution in [1.82, 2.24) is 9.55 Å². The Labute approximate surface area is 167 Å². The van der Waals surface area contributed by atoms with E-state index in [1.807, 2.05) is 18.2 Å². The standard InChI is InChI=1S/C22H22N4O3/c1-14(27)23-15-5-4-6-16(13-15)24-21(28)12-11-20-25-19-8-3-2-7-18(19)22(29)26(20)17-9-10-17/h2-8,13,17H,9-12H2,1H3,(H,23,27)(H,24,28). The minimum Gasteiger partial charge on any atom is -0.326 e. The molecule has 0 radical (unpaired) electrons. The van der Waals surface area contributed by atoms with Gasteiger partial charge in [-0.05, 0) is 43.2 Å². The van der Waals surface area contributed by atoms with E-state index in [0.29, 0.717) is 34.5 Å². The molecule has 2 N–H and O–H groups in total. The lowest BCUT2D eigenvalue weighted by molar-refractivity contribution is -0.116. The second-order valence-electron chi connectivity index (χ2n) is 7.26. The molecule has 0 saturated heterocycles. The summed E-state index contributed by atoms with van der Waals surface area (Å²) in [5.41, 5.74) is 1.85. The molecule has 1 fully saturated rings. The van der Waals surface area contributed by atoms with E-state index >= 15 is 0 Å². The Morgan fingerprint density at radius 2 is 1.79 bits per heavy atom. The molecular formula is C22H22N4O3. The lowest BCUT2D eigenvalue weighted by Gasteiger charge is -2.13. The first kappa shape index (κ1) is 18.9. The number of carbonyl (C=O) groups is 2. The molecule has 0 atom stereocenters. The number of benzene rings is 2. The monoisotopic (exact) mass is 390 g/mol. The number of aromatic nitrogens is 2. The van der Waals surface area contributed by atoms with Gasteiger partial charge < -0.3 is 10.6 Å². The topological polar surface area (TPSA) is 93.1 Å². The van der Waals surface area contributed by atoms with Gasteiger partial charge in [0.15, 0.2) is 0 Å². The van der Waals surface area contributed by atoms with Gasteiger partial charge in [0, 0.05) is 37.2 Å². The van der Waals surface area contributed by atoms with Crippen LogP contribution in [0.5, 0.6) is 0 Å². The van der Waals surface area contributed by atoms with Gasteiger partial charge in [0.1, 0.15) is 5.82 Å². The highest BCUT2D eigenvalue weighted by atomic mass is 16.2. The minimum atomic E-state index is -0.172. The minimum absolute atomic E-state index is 0.0310. The Morgan fingerprint density at radius 3 is 2.52 bits per heavy atom. The van der Waals surface area contributed by atoms with Gasteiger partial charge in [-0.2, -0.15) is 0 Å². The third-order valence-electron chi connectivity index (χ3n) is 4.84. The second kappa shape index (κ2) is 7.87. The van der Waals surface area contributed by atoms with Crippen molar-refractivity contribution in [3.8, 4) is 0 Å². The fraction of sp³-hybridized carbons (Fsp3) is 0.273. The van der Waals surface area contributed by atoms with E-state index in [4.69, 9.17) is 0 Å². The SMILES string of the molecule is CC(=O)Nc1cccc(NC(=O)CCc2nc3ccccc3c(=O)n2C2CC2)c1. The van der Waals surface area contributed by atoms with Crippen LogP contribution in [0.1, 0.15) is 38.1 Å². The Bertz CT molecular complexity index is 1150. The van der Waals surface area contributed by atoms with Crippen LogP contribution in [0.3, 0.4) is 0 Å². The van der Waals surface area contributed by atoms with Crippen molar-refractivity contribution in [1.29, 1.82) is 0 Å². The van der Waals surface area contributed by atoms with Gasteiger partial charge in [-0.3, -0.25) is 19.0 Å². The molecule has 0 spiro atoms. The Balaban J connectivity index is 1.50. The fourth-order valence-corrected chi connectivity index (χ4v) is 3.40. The summed E-state index contributed by atoms with van der Waals surface area (Å²) in [7, 11) is 0. The zero-order valence-electron chi connectivity index (χ0n) is 16.1. The highest BCUT2D eigenvalue weighted by molar-refractivity contribution is 5.93. The highest BCUT2D eigenvalue weighted by Crippen LogP contribution is 2.34. The number of nitrogens with one attached hydrogen (secondary N) is 2. The highest BCUT2D eigenvalue weighted by Gasteiger charge is 2.28. The first-order chi connectivity index (χ1) is 14.0. The van der Waals surface area contributed by atoms with Gasteiger partial charge in [0.25, 0.3) is 5.56 Å².